The largest absolute Gasteiger partial charge is 0.316 e. The summed E-state index contributed by atoms with van der Waals surface area (Å²) >= 11 is 0. The molecule has 1 saturated carbocycles. The van der Waals surface area contributed by atoms with E-state index in [0.717, 1.165) is 12.5 Å². The molecule has 1 N–H and O–H groups in total. The number of nitrogens with one attached hydrogen (secondary N) is 1. The van der Waals surface area contributed by atoms with Gasteiger partial charge in [-0.25, -0.2) is 0 Å². The molecule has 1 fully saturated rings. The van der Waals surface area contributed by atoms with Crippen molar-refractivity contribution in [2.24, 2.45) is 11.3 Å². The molecule has 114 valence electrons. The van der Waals surface area contributed by atoms with Crippen molar-refractivity contribution < 1.29 is 0 Å². The maximum atomic E-state index is 3.62. The lowest BCUT2D eigenvalue weighted by Crippen LogP contribution is -2.51. The highest BCUT2D eigenvalue weighted by atomic mass is 15.2. The third kappa shape index (κ3) is 4.75. The lowest BCUT2D eigenvalue weighted by Gasteiger charge is -2.46. The second-order valence-electron chi connectivity index (χ2n) is 7.48. The van der Waals surface area contributed by atoms with Crippen LogP contribution in [0.4, 0.5) is 0 Å². The molecule has 0 atom stereocenters. The van der Waals surface area contributed by atoms with Crippen LogP contribution >= 0.6 is 0 Å². The molecular formula is C17H36N2. The van der Waals surface area contributed by atoms with Gasteiger partial charge in [0.15, 0.2) is 0 Å². The van der Waals surface area contributed by atoms with Crippen LogP contribution in [0.25, 0.3) is 0 Å². The summed E-state index contributed by atoms with van der Waals surface area (Å²) in [5.41, 5.74) is 0.825. The summed E-state index contributed by atoms with van der Waals surface area (Å²) in [7, 11) is 2.31. The van der Waals surface area contributed by atoms with E-state index in [4.69, 9.17) is 0 Å². The Morgan fingerprint density at radius 2 is 1.79 bits per heavy atom. The Balaban J connectivity index is 2.69. The van der Waals surface area contributed by atoms with Crippen molar-refractivity contribution in [3.8, 4) is 0 Å². The summed E-state index contributed by atoms with van der Waals surface area (Å²) in [6, 6.07) is 0. The third-order valence-electron chi connectivity index (χ3n) is 5.56. The molecule has 0 spiro atoms. The molecule has 0 aliphatic heterocycles. The minimum absolute atomic E-state index is 0.322. The summed E-state index contributed by atoms with van der Waals surface area (Å²) in [4.78, 5) is 2.60. The van der Waals surface area contributed by atoms with Crippen molar-refractivity contribution in [3.63, 3.8) is 0 Å². The minimum atomic E-state index is 0.322. The second kappa shape index (κ2) is 7.08. The zero-order chi connectivity index (χ0) is 14.5. The van der Waals surface area contributed by atoms with Crippen LogP contribution in [-0.4, -0.2) is 37.1 Å². The molecular weight excluding hydrogens is 232 g/mol. The molecule has 1 aliphatic carbocycles. The Morgan fingerprint density at radius 1 is 1.21 bits per heavy atom. The van der Waals surface area contributed by atoms with E-state index in [-0.39, 0.29) is 0 Å². The first-order valence-corrected chi connectivity index (χ1v) is 8.27. The van der Waals surface area contributed by atoms with Gasteiger partial charge in [-0.1, -0.05) is 33.6 Å². The van der Waals surface area contributed by atoms with Crippen molar-refractivity contribution in [1.82, 2.24) is 10.2 Å². The van der Waals surface area contributed by atoms with Gasteiger partial charge in [0.25, 0.3) is 0 Å². The fraction of sp³-hybridized carbons (Fsp3) is 1.00. The summed E-state index contributed by atoms with van der Waals surface area (Å²) < 4.78 is 0. The van der Waals surface area contributed by atoms with Crippen LogP contribution in [0.1, 0.15) is 66.7 Å². The smallest absolute Gasteiger partial charge is 0.0147 e. The van der Waals surface area contributed by atoms with Gasteiger partial charge in [-0.15, -0.1) is 0 Å². The first-order valence-electron chi connectivity index (χ1n) is 8.27. The Bertz CT molecular complexity index is 246. The van der Waals surface area contributed by atoms with Gasteiger partial charge in [-0.2, -0.15) is 0 Å². The van der Waals surface area contributed by atoms with Gasteiger partial charge in [0.2, 0.25) is 0 Å². The van der Waals surface area contributed by atoms with Crippen LogP contribution in [0, 0.1) is 11.3 Å². The lowest BCUT2D eigenvalue weighted by molar-refractivity contribution is 0.0474. The summed E-state index contributed by atoms with van der Waals surface area (Å²) in [6.45, 7) is 15.2. The topological polar surface area (TPSA) is 15.3 Å². The molecule has 0 amide bonds. The Kier molecular flexibility index (Phi) is 6.32. The van der Waals surface area contributed by atoms with Gasteiger partial charge in [-0.05, 0) is 58.0 Å². The highest BCUT2D eigenvalue weighted by molar-refractivity contribution is 4.91. The van der Waals surface area contributed by atoms with E-state index in [9.17, 15) is 0 Å². The fourth-order valence-electron chi connectivity index (χ4n) is 3.14. The lowest BCUT2D eigenvalue weighted by atomic mass is 9.70. The van der Waals surface area contributed by atoms with E-state index in [1.807, 2.05) is 0 Å². The van der Waals surface area contributed by atoms with Gasteiger partial charge in [-0.3, -0.25) is 0 Å². The van der Waals surface area contributed by atoms with Crippen LogP contribution in [0.15, 0.2) is 0 Å². The van der Waals surface area contributed by atoms with Crippen LogP contribution in [0.2, 0.25) is 0 Å². The average molecular weight is 268 g/mol. The fourth-order valence-corrected chi connectivity index (χ4v) is 3.14. The monoisotopic (exact) mass is 268 g/mol. The second-order valence-corrected chi connectivity index (χ2v) is 7.48. The SMILES string of the molecule is CCNCC1(CN(C)C(C)(C)CC)CCC(C)CC1. The highest BCUT2D eigenvalue weighted by Gasteiger charge is 2.37. The Hall–Kier alpha value is -0.0800. The Labute approximate surface area is 121 Å². The van der Waals surface area contributed by atoms with Crippen molar-refractivity contribution in [3.05, 3.63) is 0 Å². The van der Waals surface area contributed by atoms with Crippen LogP contribution in [0.3, 0.4) is 0 Å². The minimum Gasteiger partial charge on any atom is -0.316 e. The van der Waals surface area contributed by atoms with Crippen LogP contribution in [0.5, 0.6) is 0 Å². The summed E-state index contributed by atoms with van der Waals surface area (Å²) in [5, 5.41) is 3.62. The zero-order valence-corrected chi connectivity index (χ0v) is 14.2. The van der Waals surface area contributed by atoms with E-state index in [2.05, 4.69) is 51.9 Å². The highest BCUT2D eigenvalue weighted by Crippen LogP contribution is 2.40. The number of rotatable bonds is 7. The van der Waals surface area contributed by atoms with Crippen LogP contribution < -0.4 is 5.32 Å². The molecule has 0 unspecified atom stereocenters. The van der Waals surface area contributed by atoms with Crippen LogP contribution in [-0.2, 0) is 0 Å². The molecule has 1 rings (SSSR count). The zero-order valence-electron chi connectivity index (χ0n) is 14.2. The molecule has 0 bridgehead atoms. The van der Waals surface area contributed by atoms with E-state index in [1.165, 1.54) is 45.2 Å². The van der Waals surface area contributed by atoms with E-state index in [0.29, 0.717) is 11.0 Å². The number of hydrogen-bond donors (Lipinski definition) is 1. The predicted molar refractivity (Wildman–Crippen MR) is 85.6 cm³/mol. The molecule has 0 heterocycles. The van der Waals surface area contributed by atoms with Gasteiger partial charge < -0.3 is 10.2 Å². The first kappa shape index (κ1) is 17.0. The maximum absolute atomic E-state index is 3.62. The molecule has 0 aromatic heterocycles. The molecule has 1 aliphatic rings. The molecule has 0 saturated heterocycles. The standard InChI is InChI=1S/C17H36N2/c1-7-16(4,5)19(6)14-17(13-18-8-2)11-9-15(3)10-12-17/h15,18H,7-14H2,1-6H3. The van der Waals surface area contributed by atoms with Crippen molar-refractivity contribution in [1.29, 1.82) is 0 Å². The van der Waals surface area contributed by atoms with Gasteiger partial charge in [0.05, 0.1) is 0 Å². The third-order valence-corrected chi connectivity index (χ3v) is 5.56. The average Bonchev–Trinajstić information content (AvgIpc) is 2.39. The molecule has 0 aromatic rings. The van der Waals surface area contributed by atoms with Gasteiger partial charge in [0, 0.05) is 18.6 Å². The summed E-state index contributed by atoms with van der Waals surface area (Å²) in [5.74, 6) is 0.930. The molecule has 2 heteroatoms. The van der Waals surface area contributed by atoms with Gasteiger partial charge in [0.1, 0.15) is 0 Å². The van der Waals surface area contributed by atoms with Crippen molar-refractivity contribution in [2.45, 2.75) is 72.3 Å². The number of hydrogen-bond acceptors (Lipinski definition) is 2. The predicted octanol–water partition coefficient (Wildman–Crippen LogP) is 3.91. The van der Waals surface area contributed by atoms with Crippen molar-refractivity contribution in [2.75, 3.05) is 26.7 Å². The number of nitrogens with zero attached hydrogens (tertiary/aromatic N) is 1. The van der Waals surface area contributed by atoms with E-state index >= 15 is 0 Å². The first-order chi connectivity index (χ1) is 8.85. The quantitative estimate of drug-likeness (QED) is 0.753. The molecule has 19 heavy (non-hydrogen) atoms. The van der Waals surface area contributed by atoms with E-state index in [1.54, 1.807) is 0 Å². The molecule has 0 aromatic carbocycles. The summed E-state index contributed by atoms with van der Waals surface area (Å²) in [6.07, 6.45) is 6.82. The normalized spacial score (nSPS) is 28.9. The maximum Gasteiger partial charge on any atom is 0.0147 e. The van der Waals surface area contributed by atoms with E-state index < -0.39 is 0 Å². The Morgan fingerprint density at radius 3 is 2.26 bits per heavy atom. The molecule has 0 radical (unpaired) electrons. The molecule has 2 nitrogen and oxygen atoms in total. The van der Waals surface area contributed by atoms with Crippen molar-refractivity contribution >= 4 is 0 Å². The van der Waals surface area contributed by atoms with Gasteiger partial charge >= 0.3 is 0 Å².